The first-order valence-electron chi connectivity index (χ1n) is 7.92. The van der Waals surface area contributed by atoms with Crippen LogP contribution < -0.4 is 14.8 Å². The first-order valence-corrected chi connectivity index (χ1v) is 9.49. The first-order chi connectivity index (χ1) is 12.6. The molecule has 7 heteroatoms. The number of nitrogens with one attached hydrogen (secondary N) is 1. The SMILES string of the molecule is COc1ccc(OC)c(-c2cnc(CNCc3ccc(Cl)c(Cl)c3)s2)c1. The number of rotatable bonds is 7. The van der Waals surface area contributed by atoms with Crippen molar-refractivity contribution < 1.29 is 9.47 Å². The molecule has 136 valence electrons. The van der Waals surface area contributed by atoms with Gasteiger partial charge >= 0.3 is 0 Å². The third-order valence-electron chi connectivity index (χ3n) is 3.82. The molecule has 1 N–H and O–H groups in total. The normalized spacial score (nSPS) is 10.8. The van der Waals surface area contributed by atoms with E-state index in [1.165, 1.54) is 0 Å². The van der Waals surface area contributed by atoms with Crippen LogP contribution in [0, 0.1) is 0 Å². The Balaban J connectivity index is 1.67. The number of methoxy groups -OCH3 is 2. The monoisotopic (exact) mass is 408 g/mol. The lowest BCUT2D eigenvalue weighted by Crippen LogP contribution is -2.12. The van der Waals surface area contributed by atoms with Crippen LogP contribution in [0.15, 0.2) is 42.6 Å². The lowest BCUT2D eigenvalue weighted by atomic mass is 10.1. The van der Waals surface area contributed by atoms with Crippen LogP contribution in [-0.2, 0) is 13.1 Å². The summed E-state index contributed by atoms with van der Waals surface area (Å²) in [4.78, 5) is 5.53. The summed E-state index contributed by atoms with van der Waals surface area (Å²) in [6, 6.07) is 11.4. The quantitative estimate of drug-likeness (QED) is 0.566. The average molecular weight is 409 g/mol. The Morgan fingerprint density at radius 3 is 2.58 bits per heavy atom. The third-order valence-corrected chi connectivity index (χ3v) is 5.58. The highest BCUT2D eigenvalue weighted by molar-refractivity contribution is 7.15. The maximum Gasteiger partial charge on any atom is 0.127 e. The van der Waals surface area contributed by atoms with E-state index in [4.69, 9.17) is 32.7 Å². The molecule has 0 saturated carbocycles. The molecule has 0 radical (unpaired) electrons. The van der Waals surface area contributed by atoms with E-state index in [0.29, 0.717) is 23.1 Å². The molecule has 0 amide bonds. The van der Waals surface area contributed by atoms with Crippen LogP contribution in [0.1, 0.15) is 10.6 Å². The summed E-state index contributed by atoms with van der Waals surface area (Å²) in [5.41, 5.74) is 2.05. The standard InChI is InChI=1S/C19H18Cl2N2O2S/c1-24-13-4-6-17(25-2)14(8-13)18-10-23-19(26-18)11-22-9-12-3-5-15(20)16(21)7-12/h3-8,10,22H,9,11H2,1-2H3. The van der Waals surface area contributed by atoms with Gasteiger partial charge < -0.3 is 14.8 Å². The van der Waals surface area contributed by atoms with Gasteiger partial charge in [0.25, 0.3) is 0 Å². The maximum atomic E-state index is 6.04. The van der Waals surface area contributed by atoms with Crippen molar-refractivity contribution >= 4 is 34.5 Å². The fourth-order valence-electron chi connectivity index (χ4n) is 2.49. The van der Waals surface area contributed by atoms with E-state index in [0.717, 1.165) is 32.5 Å². The Morgan fingerprint density at radius 2 is 1.85 bits per heavy atom. The minimum absolute atomic E-state index is 0.562. The predicted octanol–water partition coefficient (Wildman–Crippen LogP) is 5.42. The van der Waals surface area contributed by atoms with Crippen LogP contribution in [0.5, 0.6) is 11.5 Å². The van der Waals surface area contributed by atoms with Crippen molar-refractivity contribution in [1.29, 1.82) is 0 Å². The molecule has 26 heavy (non-hydrogen) atoms. The second-order valence-electron chi connectivity index (χ2n) is 5.54. The van der Waals surface area contributed by atoms with Crippen LogP contribution in [0.3, 0.4) is 0 Å². The van der Waals surface area contributed by atoms with Crippen molar-refractivity contribution in [3.63, 3.8) is 0 Å². The predicted molar refractivity (Wildman–Crippen MR) is 108 cm³/mol. The van der Waals surface area contributed by atoms with E-state index >= 15 is 0 Å². The Labute approximate surface area is 166 Å². The summed E-state index contributed by atoms with van der Waals surface area (Å²) in [5.74, 6) is 1.58. The van der Waals surface area contributed by atoms with Crippen LogP contribution >= 0.6 is 34.5 Å². The van der Waals surface area contributed by atoms with Crippen LogP contribution in [-0.4, -0.2) is 19.2 Å². The third kappa shape index (κ3) is 4.48. The molecule has 2 aromatic carbocycles. The molecule has 0 atom stereocenters. The summed E-state index contributed by atoms with van der Waals surface area (Å²) in [6.45, 7) is 1.35. The minimum atomic E-state index is 0.562. The molecule has 1 heterocycles. The van der Waals surface area contributed by atoms with Crippen LogP contribution in [0.2, 0.25) is 10.0 Å². The van der Waals surface area contributed by atoms with E-state index in [1.807, 2.05) is 36.5 Å². The van der Waals surface area contributed by atoms with Gasteiger partial charge in [0.15, 0.2) is 0 Å². The van der Waals surface area contributed by atoms with Gasteiger partial charge in [-0.1, -0.05) is 29.3 Å². The second kappa shape index (κ2) is 8.73. The highest BCUT2D eigenvalue weighted by atomic mass is 35.5. The van der Waals surface area contributed by atoms with E-state index in [-0.39, 0.29) is 0 Å². The lowest BCUT2D eigenvalue weighted by Gasteiger charge is -2.08. The van der Waals surface area contributed by atoms with Crippen molar-refractivity contribution in [2.24, 2.45) is 0 Å². The Kier molecular flexibility index (Phi) is 6.38. The van der Waals surface area contributed by atoms with E-state index in [2.05, 4.69) is 10.3 Å². The fourth-order valence-corrected chi connectivity index (χ4v) is 3.72. The van der Waals surface area contributed by atoms with Crippen molar-refractivity contribution in [1.82, 2.24) is 10.3 Å². The summed E-state index contributed by atoms with van der Waals surface area (Å²) >= 11 is 13.6. The molecule has 0 fully saturated rings. The number of aromatic nitrogens is 1. The van der Waals surface area contributed by atoms with Gasteiger partial charge in [-0.3, -0.25) is 0 Å². The van der Waals surface area contributed by atoms with Gasteiger partial charge in [0.05, 0.1) is 29.1 Å². The molecule has 0 aliphatic rings. The molecule has 0 aliphatic heterocycles. The number of halogens is 2. The number of benzene rings is 2. The Bertz CT molecular complexity index is 899. The smallest absolute Gasteiger partial charge is 0.127 e. The van der Waals surface area contributed by atoms with E-state index < -0.39 is 0 Å². The van der Waals surface area contributed by atoms with Crippen molar-refractivity contribution in [3.05, 3.63) is 63.2 Å². The molecular formula is C19H18Cl2N2O2S. The van der Waals surface area contributed by atoms with Crippen molar-refractivity contribution in [3.8, 4) is 21.9 Å². The molecule has 0 spiro atoms. The molecule has 1 aromatic heterocycles. The average Bonchev–Trinajstić information content (AvgIpc) is 3.13. The van der Waals surface area contributed by atoms with Crippen molar-refractivity contribution in [2.75, 3.05) is 14.2 Å². The van der Waals surface area contributed by atoms with Gasteiger partial charge in [0.2, 0.25) is 0 Å². The zero-order chi connectivity index (χ0) is 18.5. The van der Waals surface area contributed by atoms with Gasteiger partial charge in [0.1, 0.15) is 16.5 Å². The van der Waals surface area contributed by atoms with Crippen molar-refractivity contribution in [2.45, 2.75) is 13.1 Å². The topological polar surface area (TPSA) is 43.4 Å². The molecular weight excluding hydrogens is 391 g/mol. The van der Waals surface area contributed by atoms with E-state index in [9.17, 15) is 0 Å². The fraction of sp³-hybridized carbons (Fsp3) is 0.211. The van der Waals surface area contributed by atoms with Gasteiger partial charge in [-0.05, 0) is 35.9 Å². The lowest BCUT2D eigenvalue weighted by molar-refractivity contribution is 0.404. The molecule has 4 nitrogen and oxygen atoms in total. The summed E-state index contributed by atoms with van der Waals surface area (Å²) in [6.07, 6.45) is 1.86. The minimum Gasteiger partial charge on any atom is -0.497 e. The highest BCUT2D eigenvalue weighted by Gasteiger charge is 2.11. The van der Waals surface area contributed by atoms with E-state index in [1.54, 1.807) is 31.6 Å². The van der Waals surface area contributed by atoms with Crippen LogP contribution in [0.4, 0.5) is 0 Å². The maximum absolute atomic E-state index is 6.04. The second-order valence-corrected chi connectivity index (χ2v) is 7.47. The Morgan fingerprint density at radius 1 is 1.00 bits per heavy atom. The number of nitrogens with zero attached hydrogens (tertiary/aromatic N) is 1. The van der Waals surface area contributed by atoms with Gasteiger partial charge in [-0.2, -0.15) is 0 Å². The first kappa shape index (κ1) is 19.0. The highest BCUT2D eigenvalue weighted by Crippen LogP contribution is 2.36. The van der Waals surface area contributed by atoms with Gasteiger partial charge in [-0.15, -0.1) is 11.3 Å². The summed E-state index contributed by atoms with van der Waals surface area (Å²) in [5, 5.41) is 5.49. The Hall–Kier alpha value is -1.79. The molecule has 0 saturated heterocycles. The van der Waals surface area contributed by atoms with Crippen LogP contribution in [0.25, 0.3) is 10.4 Å². The number of thiazole rings is 1. The zero-order valence-electron chi connectivity index (χ0n) is 14.4. The van der Waals surface area contributed by atoms with Gasteiger partial charge in [-0.25, -0.2) is 4.98 Å². The number of hydrogen-bond donors (Lipinski definition) is 1. The molecule has 3 aromatic rings. The largest absolute Gasteiger partial charge is 0.497 e. The summed E-state index contributed by atoms with van der Waals surface area (Å²) in [7, 11) is 3.31. The molecule has 0 aliphatic carbocycles. The molecule has 0 bridgehead atoms. The molecule has 0 unspecified atom stereocenters. The zero-order valence-corrected chi connectivity index (χ0v) is 16.7. The number of ether oxygens (including phenoxy) is 2. The summed E-state index contributed by atoms with van der Waals surface area (Å²) < 4.78 is 10.8. The molecule has 3 rings (SSSR count). The number of hydrogen-bond acceptors (Lipinski definition) is 5. The van der Waals surface area contributed by atoms with Gasteiger partial charge in [0, 0.05) is 24.8 Å².